The molecule has 0 atom stereocenters. The van der Waals surface area contributed by atoms with E-state index < -0.39 is 5.82 Å². The number of ketones is 1. The molecule has 162 valence electrons. The van der Waals surface area contributed by atoms with E-state index in [0.717, 1.165) is 0 Å². The Kier molecular flexibility index (Phi) is 7.64. The van der Waals surface area contributed by atoms with E-state index in [1.165, 1.54) is 36.9 Å². The maximum atomic E-state index is 13.2. The number of hydrogen-bond donors (Lipinski definition) is 1. The van der Waals surface area contributed by atoms with Gasteiger partial charge >= 0.3 is 0 Å². The summed E-state index contributed by atoms with van der Waals surface area (Å²) in [6, 6.07) is 10.6. The number of nitrogens with zero attached hydrogens (tertiary/aromatic N) is 3. The molecule has 0 aliphatic heterocycles. The number of halogens is 2. The van der Waals surface area contributed by atoms with Crippen molar-refractivity contribution in [2.45, 2.75) is 32.2 Å². The van der Waals surface area contributed by atoms with Crippen LogP contribution >= 0.6 is 23.4 Å². The zero-order valence-corrected chi connectivity index (χ0v) is 18.5. The third-order valence-electron chi connectivity index (χ3n) is 4.27. The van der Waals surface area contributed by atoms with Gasteiger partial charge in [0, 0.05) is 17.8 Å². The molecule has 3 rings (SSSR count). The van der Waals surface area contributed by atoms with Crippen molar-refractivity contribution >= 4 is 40.7 Å². The van der Waals surface area contributed by atoms with Crippen LogP contribution in [0.5, 0.6) is 5.75 Å². The molecule has 0 saturated heterocycles. The van der Waals surface area contributed by atoms with Gasteiger partial charge in [-0.15, -0.1) is 10.2 Å². The molecule has 0 saturated carbocycles. The van der Waals surface area contributed by atoms with Crippen molar-refractivity contribution in [3.8, 4) is 5.75 Å². The minimum Gasteiger partial charge on any atom is -0.484 e. The molecule has 0 aliphatic rings. The molecule has 1 aromatic heterocycles. The lowest BCUT2D eigenvalue weighted by molar-refractivity contribution is -0.113. The lowest BCUT2D eigenvalue weighted by Gasteiger charge is -2.10. The van der Waals surface area contributed by atoms with Crippen LogP contribution in [0.2, 0.25) is 5.02 Å². The smallest absolute Gasteiger partial charge is 0.234 e. The summed E-state index contributed by atoms with van der Waals surface area (Å²) < 4.78 is 20.6. The summed E-state index contributed by atoms with van der Waals surface area (Å²) in [7, 11) is 0. The van der Waals surface area contributed by atoms with Gasteiger partial charge in [-0.05, 0) is 56.3 Å². The molecular formula is C21H20ClFN4O3S. The van der Waals surface area contributed by atoms with Crippen molar-refractivity contribution < 1.29 is 18.7 Å². The molecule has 1 heterocycles. The fraction of sp³-hybridized carbons (Fsp3) is 0.238. The molecule has 1 N–H and O–H groups in total. The molecule has 10 heteroatoms. The monoisotopic (exact) mass is 462 g/mol. The first-order valence-electron chi connectivity index (χ1n) is 9.41. The van der Waals surface area contributed by atoms with Gasteiger partial charge in [-0.25, -0.2) is 4.39 Å². The summed E-state index contributed by atoms with van der Waals surface area (Å²) in [5.74, 6) is 0.359. The molecule has 2 aromatic carbocycles. The van der Waals surface area contributed by atoms with Crippen LogP contribution in [0.1, 0.15) is 30.0 Å². The maximum absolute atomic E-state index is 13.2. The van der Waals surface area contributed by atoms with E-state index in [9.17, 15) is 14.0 Å². The molecule has 0 aliphatic carbocycles. The van der Waals surface area contributed by atoms with E-state index in [1.807, 2.05) is 11.5 Å². The highest BCUT2D eigenvalue weighted by Crippen LogP contribution is 2.26. The average Bonchev–Trinajstić information content (AvgIpc) is 3.14. The number of carbonyl (C=O) groups is 2. The van der Waals surface area contributed by atoms with Gasteiger partial charge in [0.1, 0.15) is 18.2 Å². The summed E-state index contributed by atoms with van der Waals surface area (Å²) >= 11 is 7.22. The van der Waals surface area contributed by atoms with Crippen LogP contribution in [-0.4, -0.2) is 32.2 Å². The summed E-state index contributed by atoms with van der Waals surface area (Å²) in [6.45, 7) is 4.10. The first kappa shape index (κ1) is 22.8. The zero-order chi connectivity index (χ0) is 22.4. The molecule has 7 nitrogen and oxygen atoms in total. The summed E-state index contributed by atoms with van der Waals surface area (Å²) in [5.41, 5.74) is 1.19. The Balaban J connectivity index is 1.57. The van der Waals surface area contributed by atoms with E-state index in [2.05, 4.69) is 15.5 Å². The molecule has 31 heavy (non-hydrogen) atoms. The quantitative estimate of drug-likeness (QED) is 0.369. The van der Waals surface area contributed by atoms with Crippen molar-refractivity contribution in [2.24, 2.45) is 0 Å². The third kappa shape index (κ3) is 6.05. The predicted molar refractivity (Wildman–Crippen MR) is 117 cm³/mol. The Morgan fingerprint density at radius 3 is 2.58 bits per heavy atom. The fourth-order valence-electron chi connectivity index (χ4n) is 2.70. The van der Waals surface area contributed by atoms with Crippen LogP contribution in [0, 0.1) is 5.82 Å². The van der Waals surface area contributed by atoms with Gasteiger partial charge in [0.2, 0.25) is 5.91 Å². The standard InChI is InChI=1S/C21H20ClFN4O3S/c1-3-27-19(11-30-18-9-6-15(23)10-17(18)22)25-26-21(27)31-12-20(29)24-16-7-4-14(5-8-16)13(2)28/h4-10H,3,11-12H2,1-2H3,(H,24,29). The van der Waals surface area contributed by atoms with Crippen molar-refractivity contribution in [3.63, 3.8) is 0 Å². The van der Waals surface area contributed by atoms with Crippen LogP contribution < -0.4 is 10.1 Å². The van der Waals surface area contributed by atoms with Gasteiger partial charge in [0.25, 0.3) is 0 Å². The number of ether oxygens (including phenoxy) is 1. The fourth-order valence-corrected chi connectivity index (χ4v) is 3.74. The number of anilines is 1. The normalized spacial score (nSPS) is 10.7. The van der Waals surface area contributed by atoms with Crippen LogP contribution in [0.25, 0.3) is 0 Å². The van der Waals surface area contributed by atoms with Gasteiger partial charge in [0.15, 0.2) is 16.8 Å². The van der Waals surface area contributed by atoms with Crippen molar-refractivity contribution in [1.29, 1.82) is 0 Å². The van der Waals surface area contributed by atoms with Crippen LogP contribution in [0.4, 0.5) is 10.1 Å². The highest BCUT2D eigenvalue weighted by atomic mass is 35.5. The third-order valence-corrected chi connectivity index (χ3v) is 5.53. The van der Waals surface area contributed by atoms with E-state index in [0.29, 0.717) is 34.5 Å². The topological polar surface area (TPSA) is 86.1 Å². The Morgan fingerprint density at radius 1 is 1.19 bits per heavy atom. The summed E-state index contributed by atoms with van der Waals surface area (Å²) in [6.07, 6.45) is 0. The van der Waals surface area contributed by atoms with Gasteiger partial charge < -0.3 is 14.6 Å². The molecule has 0 bridgehead atoms. The Morgan fingerprint density at radius 2 is 1.94 bits per heavy atom. The lowest BCUT2D eigenvalue weighted by atomic mass is 10.1. The molecular weight excluding hydrogens is 443 g/mol. The minimum absolute atomic E-state index is 0.0335. The van der Waals surface area contributed by atoms with E-state index in [4.69, 9.17) is 16.3 Å². The number of benzene rings is 2. The first-order chi connectivity index (χ1) is 14.9. The minimum atomic E-state index is -0.444. The second-order valence-electron chi connectivity index (χ2n) is 6.48. The Labute approximate surface area is 188 Å². The largest absolute Gasteiger partial charge is 0.484 e. The number of thioether (sulfide) groups is 1. The second kappa shape index (κ2) is 10.4. The van der Waals surface area contributed by atoms with Crippen molar-refractivity contribution in [3.05, 3.63) is 64.7 Å². The van der Waals surface area contributed by atoms with Gasteiger partial charge in [-0.1, -0.05) is 23.4 Å². The van der Waals surface area contributed by atoms with Crippen LogP contribution in [-0.2, 0) is 17.9 Å². The molecule has 0 unspecified atom stereocenters. The van der Waals surface area contributed by atoms with Gasteiger partial charge in [-0.3, -0.25) is 9.59 Å². The molecule has 0 spiro atoms. The number of rotatable bonds is 9. The number of carbonyl (C=O) groups excluding carboxylic acids is 2. The Hall–Kier alpha value is -2.91. The first-order valence-corrected chi connectivity index (χ1v) is 10.8. The van der Waals surface area contributed by atoms with Crippen molar-refractivity contribution in [2.75, 3.05) is 11.1 Å². The van der Waals surface area contributed by atoms with Crippen LogP contribution in [0.15, 0.2) is 47.6 Å². The highest BCUT2D eigenvalue weighted by molar-refractivity contribution is 7.99. The second-order valence-corrected chi connectivity index (χ2v) is 7.83. The SMILES string of the molecule is CCn1c(COc2ccc(F)cc2Cl)nnc1SCC(=O)Nc1ccc(C(C)=O)cc1. The Bertz CT molecular complexity index is 1090. The van der Waals surface area contributed by atoms with Crippen LogP contribution in [0.3, 0.4) is 0 Å². The average molecular weight is 463 g/mol. The number of aromatic nitrogens is 3. The van der Waals surface area contributed by atoms with Gasteiger partial charge in [0.05, 0.1) is 10.8 Å². The van der Waals surface area contributed by atoms with Crippen molar-refractivity contribution in [1.82, 2.24) is 14.8 Å². The number of nitrogens with one attached hydrogen (secondary N) is 1. The molecule has 1 amide bonds. The van der Waals surface area contributed by atoms with Gasteiger partial charge in [-0.2, -0.15) is 0 Å². The molecule has 3 aromatic rings. The highest BCUT2D eigenvalue weighted by Gasteiger charge is 2.15. The maximum Gasteiger partial charge on any atom is 0.234 e. The van der Waals surface area contributed by atoms with E-state index in [-0.39, 0.29) is 29.1 Å². The summed E-state index contributed by atoms with van der Waals surface area (Å²) in [5, 5.41) is 11.8. The lowest BCUT2D eigenvalue weighted by Crippen LogP contribution is -2.15. The number of Topliss-reactive ketones (excluding diaryl/α,β-unsaturated/α-hetero) is 1. The number of hydrogen-bond acceptors (Lipinski definition) is 6. The zero-order valence-electron chi connectivity index (χ0n) is 16.9. The van der Waals surface area contributed by atoms with E-state index in [1.54, 1.807) is 24.3 Å². The molecule has 0 fully saturated rings. The molecule has 0 radical (unpaired) electrons. The summed E-state index contributed by atoms with van der Waals surface area (Å²) in [4.78, 5) is 23.6. The number of amides is 1. The van der Waals surface area contributed by atoms with E-state index >= 15 is 0 Å². The predicted octanol–water partition coefficient (Wildman–Crippen LogP) is 4.60.